The monoisotopic (exact) mass is 261 g/mol. The third kappa shape index (κ3) is 4.35. The van der Waals surface area contributed by atoms with E-state index in [0.717, 1.165) is 0 Å². The Morgan fingerprint density at radius 2 is 2.00 bits per heavy atom. The lowest BCUT2D eigenvalue weighted by Crippen LogP contribution is -2.32. The van der Waals surface area contributed by atoms with Gasteiger partial charge in [0.2, 0.25) is 0 Å². The summed E-state index contributed by atoms with van der Waals surface area (Å²) in [5.41, 5.74) is -0.127. The van der Waals surface area contributed by atoms with Crippen molar-refractivity contribution in [3.8, 4) is 0 Å². The summed E-state index contributed by atoms with van der Waals surface area (Å²) in [6.45, 7) is 4.23. The Balaban J connectivity index is 2.29. The molecular formula is C10H15NO5S. The minimum Gasteiger partial charge on any atom is -0.368 e. The van der Waals surface area contributed by atoms with Crippen LogP contribution in [-0.4, -0.2) is 40.6 Å². The van der Waals surface area contributed by atoms with Crippen molar-refractivity contribution in [2.24, 2.45) is 0 Å². The Morgan fingerprint density at radius 3 is 2.53 bits per heavy atom. The topological polar surface area (TPSA) is 72.9 Å². The van der Waals surface area contributed by atoms with E-state index < -0.39 is 17.8 Å². The summed E-state index contributed by atoms with van der Waals surface area (Å²) >= 11 is 1.25. The van der Waals surface area contributed by atoms with Gasteiger partial charge in [-0.2, -0.15) is 0 Å². The van der Waals surface area contributed by atoms with Crippen LogP contribution in [0.2, 0.25) is 0 Å². The van der Waals surface area contributed by atoms with Gasteiger partial charge in [0.05, 0.1) is 5.75 Å². The molecule has 17 heavy (non-hydrogen) atoms. The van der Waals surface area contributed by atoms with Gasteiger partial charge in [0.25, 0.3) is 11.8 Å². The standard InChI is InChI=1S/C10H15NO5S/c1-3-15-7(2)17-6-10(14)16-11-8(12)4-5-9(11)13/h7H,3-6H2,1-2H3. The molecule has 0 radical (unpaired) electrons. The first-order valence-corrected chi connectivity index (χ1v) is 6.39. The van der Waals surface area contributed by atoms with Gasteiger partial charge in [-0.1, -0.05) is 0 Å². The smallest absolute Gasteiger partial charge is 0.343 e. The molecule has 0 aromatic carbocycles. The van der Waals surface area contributed by atoms with Gasteiger partial charge in [0.1, 0.15) is 5.44 Å². The molecule has 6 nitrogen and oxygen atoms in total. The Bertz CT molecular complexity index is 304. The van der Waals surface area contributed by atoms with E-state index in [1.54, 1.807) is 0 Å². The van der Waals surface area contributed by atoms with Crippen LogP contribution in [0.1, 0.15) is 26.7 Å². The highest BCUT2D eigenvalue weighted by atomic mass is 32.2. The van der Waals surface area contributed by atoms with Crippen LogP contribution in [0.5, 0.6) is 0 Å². The van der Waals surface area contributed by atoms with E-state index in [4.69, 9.17) is 4.74 Å². The van der Waals surface area contributed by atoms with Crippen LogP contribution in [0.3, 0.4) is 0 Å². The molecule has 2 amide bonds. The van der Waals surface area contributed by atoms with E-state index in [9.17, 15) is 14.4 Å². The highest BCUT2D eigenvalue weighted by Gasteiger charge is 2.32. The maximum Gasteiger partial charge on any atom is 0.343 e. The predicted octanol–water partition coefficient (Wildman–Crippen LogP) is 0.709. The van der Waals surface area contributed by atoms with Gasteiger partial charge in [0, 0.05) is 19.4 Å². The lowest BCUT2D eigenvalue weighted by atomic mass is 10.4. The van der Waals surface area contributed by atoms with Crippen molar-refractivity contribution in [2.75, 3.05) is 12.4 Å². The third-order valence-corrected chi connectivity index (χ3v) is 3.04. The quantitative estimate of drug-likeness (QED) is 0.518. The second kappa shape index (κ2) is 6.61. The van der Waals surface area contributed by atoms with Crippen molar-refractivity contribution >= 4 is 29.5 Å². The molecule has 96 valence electrons. The summed E-state index contributed by atoms with van der Waals surface area (Å²) in [5, 5.41) is 0.550. The van der Waals surface area contributed by atoms with Gasteiger partial charge < -0.3 is 9.57 Å². The lowest BCUT2D eigenvalue weighted by molar-refractivity contribution is -0.195. The molecule has 0 spiro atoms. The van der Waals surface area contributed by atoms with Gasteiger partial charge in [-0.25, -0.2) is 4.79 Å². The van der Waals surface area contributed by atoms with E-state index in [1.165, 1.54) is 11.8 Å². The molecule has 0 N–H and O–H groups in total. The highest BCUT2D eigenvalue weighted by Crippen LogP contribution is 2.15. The van der Waals surface area contributed by atoms with Gasteiger partial charge in [-0.05, 0) is 13.8 Å². The average molecular weight is 261 g/mol. The predicted molar refractivity (Wildman–Crippen MR) is 60.7 cm³/mol. The molecule has 1 rings (SSSR count). The van der Waals surface area contributed by atoms with E-state index >= 15 is 0 Å². The normalized spacial score (nSPS) is 17.4. The molecule has 0 saturated carbocycles. The summed E-state index contributed by atoms with van der Waals surface area (Å²) in [6.07, 6.45) is 0.212. The average Bonchev–Trinajstić information content (AvgIpc) is 2.58. The second-order valence-corrected chi connectivity index (χ2v) is 4.66. The minimum atomic E-state index is -0.620. The number of hydrogen-bond donors (Lipinski definition) is 0. The Hall–Kier alpha value is -1.08. The number of ether oxygens (including phenoxy) is 1. The number of amides is 2. The number of hydrogen-bond acceptors (Lipinski definition) is 6. The summed E-state index contributed by atoms with van der Waals surface area (Å²) in [6, 6.07) is 0. The van der Waals surface area contributed by atoms with E-state index in [1.807, 2.05) is 13.8 Å². The Kier molecular flexibility index (Phi) is 5.43. The SMILES string of the molecule is CCOC(C)SCC(=O)ON1C(=O)CCC1=O. The van der Waals surface area contributed by atoms with Crippen LogP contribution in [0.4, 0.5) is 0 Å². The van der Waals surface area contributed by atoms with Gasteiger partial charge in [-0.15, -0.1) is 16.8 Å². The van der Waals surface area contributed by atoms with Crippen molar-refractivity contribution in [1.29, 1.82) is 0 Å². The lowest BCUT2D eigenvalue weighted by Gasteiger charge is -2.14. The fourth-order valence-electron chi connectivity index (χ4n) is 1.25. The fourth-order valence-corrected chi connectivity index (χ4v) is 1.91. The van der Waals surface area contributed by atoms with Crippen LogP contribution in [0.15, 0.2) is 0 Å². The van der Waals surface area contributed by atoms with Crippen LogP contribution >= 0.6 is 11.8 Å². The molecule has 1 heterocycles. The van der Waals surface area contributed by atoms with Crippen LogP contribution in [0.25, 0.3) is 0 Å². The maximum absolute atomic E-state index is 11.4. The molecule has 1 saturated heterocycles. The molecule has 1 fully saturated rings. The third-order valence-electron chi connectivity index (χ3n) is 2.04. The zero-order valence-electron chi connectivity index (χ0n) is 9.80. The first kappa shape index (κ1) is 14.0. The van der Waals surface area contributed by atoms with E-state index in [2.05, 4.69) is 4.84 Å². The Morgan fingerprint density at radius 1 is 1.41 bits per heavy atom. The highest BCUT2D eigenvalue weighted by molar-refractivity contribution is 8.00. The molecule has 1 aliphatic rings. The zero-order chi connectivity index (χ0) is 12.8. The van der Waals surface area contributed by atoms with Crippen molar-refractivity contribution in [3.63, 3.8) is 0 Å². The van der Waals surface area contributed by atoms with Crippen LogP contribution in [0, 0.1) is 0 Å². The van der Waals surface area contributed by atoms with Crippen molar-refractivity contribution in [3.05, 3.63) is 0 Å². The van der Waals surface area contributed by atoms with Gasteiger partial charge in [-0.3, -0.25) is 9.59 Å². The second-order valence-electron chi connectivity index (χ2n) is 3.38. The Labute approximate surface area is 104 Å². The first-order valence-electron chi connectivity index (χ1n) is 5.34. The summed E-state index contributed by atoms with van der Waals surface area (Å²) in [5.74, 6) is -1.51. The zero-order valence-corrected chi connectivity index (χ0v) is 10.6. The number of rotatable bonds is 6. The number of imide groups is 1. The van der Waals surface area contributed by atoms with Crippen molar-refractivity contribution in [1.82, 2.24) is 5.06 Å². The van der Waals surface area contributed by atoms with Crippen LogP contribution < -0.4 is 0 Å². The molecule has 0 bridgehead atoms. The summed E-state index contributed by atoms with van der Waals surface area (Å²) in [4.78, 5) is 38.4. The molecule has 7 heteroatoms. The van der Waals surface area contributed by atoms with Crippen molar-refractivity contribution < 1.29 is 24.0 Å². The van der Waals surface area contributed by atoms with Gasteiger partial charge >= 0.3 is 5.97 Å². The first-order chi connectivity index (χ1) is 8.04. The summed E-state index contributed by atoms with van der Waals surface area (Å²) < 4.78 is 5.21. The molecule has 0 aliphatic carbocycles. The number of hydroxylamine groups is 2. The molecule has 1 atom stereocenters. The molecule has 1 unspecified atom stereocenters. The molecule has 0 aromatic heterocycles. The fraction of sp³-hybridized carbons (Fsp3) is 0.700. The van der Waals surface area contributed by atoms with Crippen LogP contribution in [-0.2, 0) is 24.0 Å². The number of nitrogens with zero attached hydrogens (tertiary/aromatic N) is 1. The molecular weight excluding hydrogens is 246 g/mol. The van der Waals surface area contributed by atoms with E-state index in [-0.39, 0.29) is 24.0 Å². The summed E-state index contributed by atoms with van der Waals surface area (Å²) in [7, 11) is 0. The number of carbonyl (C=O) groups excluding carboxylic acids is 3. The maximum atomic E-state index is 11.4. The largest absolute Gasteiger partial charge is 0.368 e. The van der Waals surface area contributed by atoms with E-state index in [0.29, 0.717) is 11.7 Å². The van der Waals surface area contributed by atoms with Crippen molar-refractivity contribution in [2.45, 2.75) is 32.1 Å². The number of thioether (sulfide) groups is 1. The van der Waals surface area contributed by atoms with Gasteiger partial charge in [0.15, 0.2) is 0 Å². The molecule has 1 aliphatic heterocycles. The number of carbonyl (C=O) groups is 3. The minimum absolute atomic E-state index is 0.0399. The molecule has 0 aromatic rings.